The van der Waals surface area contributed by atoms with Crippen LogP contribution in [0.4, 0.5) is 28.0 Å². The van der Waals surface area contributed by atoms with Gasteiger partial charge in [0.25, 0.3) is 12.3 Å². The first kappa shape index (κ1) is 23.7. The number of hydrogen-bond acceptors (Lipinski definition) is 6. The van der Waals surface area contributed by atoms with Gasteiger partial charge in [-0.3, -0.25) is 4.98 Å². The van der Waals surface area contributed by atoms with Crippen molar-refractivity contribution in [1.82, 2.24) is 15.1 Å². The first-order valence-corrected chi connectivity index (χ1v) is 8.91. The lowest BCUT2D eigenvalue weighted by Crippen LogP contribution is -2.35. The van der Waals surface area contributed by atoms with Gasteiger partial charge in [0.05, 0.1) is 24.7 Å². The number of aromatic nitrogens is 3. The van der Waals surface area contributed by atoms with E-state index in [1.165, 1.54) is 36.9 Å². The number of alkyl halides is 3. The summed E-state index contributed by atoms with van der Waals surface area (Å²) in [5, 5.41) is 12.9. The molecular formula is C20H18F5N5O. The van der Waals surface area contributed by atoms with Gasteiger partial charge >= 0.3 is 0 Å². The maximum atomic E-state index is 14.4. The molecule has 0 radical (unpaired) electrons. The summed E-state index contributed by atoms with van der Waals surface area (Å²) >= 11 is 0. The molecule has 0 amide bonds. The van der Waals surface area contributed by atoms with Gasteiger partial charge in [0.1, 0.15) is 11.4 Å². The fourth-order valence-corrected chi connectivity index (χ4v) is 2.80. The van der Waals surface area contributed by atoms with Crippen molar-refractivity contribution in [3.63, 3.8) is 0 Å². The van der Waals surface area contributed by atoms with Crippen LogP contribution < -0.4 is 4.90 Å². The van der Waals surface area contributed by atoms with Gasteiger partial charge in [-0.25, -0.2) is 13.2 Å². The van der Waals surface area contributed by atoms with E-state index in [0.717, 1.165) is 0 Å². The zero-order valence-corrected chi connectivity index (χ0v) is 16.6. The molecule has 0 saturated heterocycles. The molecule has 0 unspecified atom stereocenters. The molecule has 0 atom stereocenters. The van der Waals surface area contributed by atoms with E-state index in [2.05, 4.69) is 15.1 Å². The number of pyridine rings is 1. The van der Waals surface area contributed by atoms with Gasteiger partial charge in [0.15, 0.2) is 5.82 Å². The molecule has 2 heterocycles. The first-order valence-electron chi connectivity index (χ1n) is 8.91. The average Bonchev–Trinajstić information content (AvgIpc) is 3.22. The van der Waals surface area contributed by atoms with Gasteiger partial charge in [-0.05, 0) is 44.2 Å². The van der Waals surface area contributed by atoms with E-state index in [1.54, 1.807) is 30.5 Å². The van der Waals surface area contributed by atoms with E-state index < -0.39 is 17.7 Å². The van der Waals surface area contributed by atoms with Crippen LogP contribution in [0, 0.1) is 11.3 Å². The van der Waals surface area contributed by atoms with Crippen LogP contribution in [0.2, 0.25) is 0 Å². The van der Waals surface area contributed by atoms with Crippen LogP contribution in [0.5, 0.6) is 0 Å². The third-order valence-electron chi connectivity index (χ3n) is 4.01. The Bertz CT molecular complexity index is 1010. The molecular weight excluding hydrogens is 421 g/mol. The quantitative estimate of drug-likeness (QED) is 0.450. The Morgan fingerprint density at radius 1 is 1.19 bits per heavy atom. The largest absolute Gasteiger partial charge is 0.361 e. The Morgan fingerprint density at radius 2 is 1.94 bits per heavy atom. The first-order chi connectivity index (χ1) is 14.8. The molecule has 11 heteroatoms. The van der Waals surface area contributed by atoms with Crippen molar-refractivity contribution in [2.45, 2.75) is 32.5 Å². The molecule has 0 aliphatic rings. The summed E-state index contributed by atoms with van der Waals surface area (Å²) in [6.07, 6.45) is -1.24. The summed E-state index contributed by atoms with van der Waals surface area (Å²) in [4.78, 5) is 9.92. The van der Waals surface area contributed by atoms with Crippen LogP contribution >= 0.6 is 0 Å². The van der Waals surface area contributed by atoms with Crippen molar-refractivity contribution >= 4 is 5.69 Å². The van der Waals surface area contributed by atoms with Crippen molar-refractivity contribution in [1.29, 1.82) is 5.26 Å². The summed E-state index contributed by atoms with van der Waals surface area (Å²) in [5.41, 5.74) is -1.34. The molecule has 0 N–H and O–H groups in total. The van der Waals surface area contributed by atoms with E-state index in [1.807, 2.05) is 0 Å². The Labute approximate surface area is 174 Å². The SMILES string of the molecule is CC(C)(F)CN(Cc1noc(-c2ccccn2)n1)c1ccc(C#N)c(C(F)F)c1.FF. The second-order valence-corrected chi connectivity index (χ2v) is 6.99. The van der Waals surface area contributed by atoms with Crippen LogP contribution in [0.1, 0.15) is 37.2 Å². The van der Waals surface area contributed by atoms with Crippen molar-refractivity contribution in [3.05, 3.63) is 59.5 Å². The molecule has 0 saturated carbocycles. The molecule has 3 rings (SSSR count). The molecule has 3 aromatic rings. The Kier molecular flexibility index (Phi) is 8.01. The van der Waals surface area contributed by atoms with Crippen molar-refractivity contribution in [2.24, 2.45) is 0 Å². The minimum atomic E-state index is -2.83. The second kappa shape index (κ2) is 10.5. The van der Waals surface area contributed by atoms with Crippen molar-refractivity contribution < 1.29 is 26.8 Å². The van der Waals surface area contributed by atoms with E-state index in [4.69, 9.17) is 18.9 Å². The number of nitriles is 1. The lowest BCUT2D eigenvalue weighted by atomic mass is 10.1. The fourth-order valence-electron chi connectivity index (χ4n) is 2.80. The number of halogens is 5. The third kappa shape index (κ3) is 6.47. The number of anilines is 1. The minimum absolute atomic E-state index is 0.0261. The number of hydrogen-bond donors (Lipinski definition) is 0. The number of benzene rings is 1. The lowest BCUT2D eigenvalue weighted by Gasteiger charge is -2.29. The average molecular weight is 439 g/mol. The summed E-state index contributed by atoms with van der Waals surface area (Å²) in [7, 11) is 0. The van der Waals surface area contributed by atoms with Crippen LogP contribution in [0.3, 0.4) is 0 Å². The molecule has 31 heavy (non-hydrogen) atoms. The summed E-state index contributed by atoms with van der Waals surface area (Å²) < 4.78 is 62.2. The van der Waals surface area contributed by atoms with E-state index in [-0.39, 0.29) is 30.4 Å². The zero-order chi connectivity index (χ0) is 23.0. The predicted octanol–water partition coefficient (Wildman–Crippen LogP) is 5.54. The monoisotopic (exact) mass is 439 g/mol. The minimum Gasteiger partial charge on any atom is -0.361 e. The van der Waals surface area contributed by atoms with Gasteiger partial charge in [-0.1, -0.05) is 11.2 Å². The Hall–Kier alpha value is -3.55. The highest BCUT2D eigenvalue weighted by atomic mass is 20.0. The normalized spacial score (nSPS) is 10.9. The van der Waals surface area contributed by atoms with Gasteiger partial charge in [-0.2, -0.15) is 10.2 Å². The Balaban J connectivity index is 0.00000166. The molecule has 6 nitrogen and oxygen atoms in total. The summed E-state index contributed by atoms with van der Waals surface area (Å²) in [6, 6.07) is 10.9. The smallest absolute Gasteiger partial charge is 0.276 e. The maximum absolute atomic E-state index is 14.4. The Morgan fingerprint density at radius 3 is 2.52 bits per heavy atom. The molecule has 1 aromatic carbocycles. The van der Waals surface area contributed by atoms with Crippen LogP contribution in [-0.2, 0) is 6.54 Å². The number of rotatable bonds is 7. The summed E-state index contributed by atoms with van der Waals surface area (Å²) in [5.74, 6) is 0.450. The van der Waals surface area contributed by atoms with Crippen LogP contribution in [0.15, 0.2) is 47.1 Å². The van der Waals surface area contributed by atoms with Gasteiger partial charge in [0, 0.05) is 26.6 Å². The zero-order valence-electron chi connectivity index (χ0n) is 16.6. The lowest BCUT2D eigenvalue weighted by molar-refractivity contribution is 0.108. The van der Waals surface area contributed by atoms with Gasteiger partial charge in [0.2, 0.25) is 0 Å². The standard InChI is InChI=1S/C20H18F3N5O.F2/c1-20(2,23)12-28(14-7-6-13(10-24)15(9-14)18(21)22)11-17-26-19(29-27-17)16-5-3-4-8-25-16;1-2/h3-9,18H,11-12H2,1-2H3;. The highest BCUT2D eigenvalue weighted by Crippen LogP contribution is 2.29. The molecule has 164 valence electrons. The van der Waals surface area contributed by atoms with E-state index >= 15 is 0 Å². The fraction of sp³-hybridized carbons (Fsp3) is 0.300. The third-order valence-corrected chi connectivity index (χ3v) is 4.01. The van der Waals surface area contributed by atoms with Gasteiger partial charge < -0.3 is 9.42 Å². The maximum Gasteiger partial charge on any atom is 0.276 e. The summed E-state index contributed by atoms with van der Waals surface area (Å²) in [6.45, 7) is 2.69. The molecule has 0 bridgehead atoms. The molecule has 2 aromatic heterocycles. The molecule has 0 aliphatic carbocycles. The van der Waals surface area contributed by atoms with Crippen molar-refractivity contribution in [3.8, 4) is 17.7 Å². The molecule has 0 fully saturated rings. The second-order valence-electron chi connectivity index (χ2n) is 6.99. The van der Waals surface area contributed by atoms with Crippen molar-refractivity contribution in [2.75, 3.05) is 11.4 Å². The van der Waals surface area contributed by atoms with Crippen LogP contribution in [-0.4, -0.2) is 27.3 Å². The number of nitrogens with zero attached hydrogens (tertiary/aromatic N) is 5. The molecule has 0 spiro atoms. The van der Waals surface area contributed by atoms with Crippen LogP contribution in [0.25, 0.3) is 11.6 Å². The van der Waals surface area contributed by atoms with E-state index in [9.17, 15) is 13.2 Å². The van der Waals surface area contributed by atoms with E-state index in [0.29, 0.717) is 11.4 Å². The topological polar surface area (TPSA) is 78.8 Å². The molecule has 0 aliphatic heterocycles. The predicted molar refractivity (Wildman–Crippen MR) is 102 cm³/mol. The van der Waals surface area contributed by atoms with Gasteiger partial charge in [-0.15, -0.1) is 0 Å². The highest BCUT2D eigenvalue weighted by Gasteiger charge is 2.24. The highest BCUT2D eigenvalue weighted by molar-refractivity contribution is 5.55.